The van der Waals surface area contributed by atoms with E-state index in [1.165, 1.54) is 0 Å². The van der Waals surface area contributed by atoms with Crippen molar-refractivity contribution in [1.29, 1.82) is 0 Å². The van der Waals surface area contributed by atoms with Gasteiger partial charge in [0.2, 0.25) is 11.8 Å². The summed E-state index contributed by atoms with van der Waals surface area (Å²) in [5, 5.41) is 10.4. The van der Waals surface area contributed by atoms with Gasteiger partial charge in [-0.3, -0.25) is 24.3 Å². The monoisotopic (exact) mass is 520 g/mol. The Bertz CT molecular complexity index is 1170. The van der Waals surface area contributed by atoms with Gasteiger partial charge in [0.15, 0.2) is 0 Å². The molecule has 3 aliphatic heterocycles. The highest BCUT2D eigenvalue weighted by Crippen LogP contribution is 2.40. The predicted octanol–water partition coefficient (Wildman–Crippen LogP) is 2.94. The Hall–Kier alpha value is -3.46. The van der Waals surface area contributed by atoms with Gasteiger partial charge in [0.05, 0.1) is 31.0 Å². The third kappa shape index (κ3) is 5.38. The van der Waals surface area contributed by atoms with Crippen molar-refractivity contribution in [3.8, 4) is 5.75 Å². The van der Waals surface area contributed by atoms with Gasteiger partial charge < -0.3 is 19.6 Å². The molecule has 9 heteroatoms. The molecule has 0 spiro atoms. The van der Waals surface area contributed by atoms with Crippen molar-refractivity contribution in [3.63, 3.8) is 0 Å². The van der Waals surface area contributed by atoms with Crippen LogP contribution in [0.2, 0.25) is 0 Å². The fourth-order valence-corrected chi connectivity index (χ4v) is 6.10. The van der Waals surface area contributed by atoms with Crippen molar-refractivity contribution >= 4 is 23.5 Å². The Morgan fingerprint density at radius 1 is 1.24 bits per heavy atom. The number of nitrogens with zero attached hydrogens (tertiary/aromatic N) is 4. The largest absolute Gasteiger partial charge is 0.493 e. The number of ether oxygens (including phenoxy) is 1. The molecule has 4 heterocycles. The van der Waals surface area contributed by atoms with Gasteiger partial charge in [-0.2, -0.15) is 0 Å². The van der Waals surface area contributed by atoms with E-state index >= 15 is 0 Å². The summed E-state index contributed by atoms with van der Waals surface area (Å²) in [7, 11) is 0. The number of hydrogen-bond acceptors (Lipinski definition) is 6. The maximum Gasteiger partial charge on any atom is 0.308 e. The van der Waals surface area contributed by atoms with Gasteiger partial charge >= 0.3 is 5.97 Å². The van der Waals surface area contributed by atoms with E-state index < -0.39 is 17.9 Å². The topological polar surface area (TPSA) is 103 Å². The molecule has 2 aromatic rings. The molecule has 0 aliphatic carbocycles. The Kier molecular flexibility index (Phi) is 7.93. The molecule has 38 heavy (non-hydrogen) atoms. The van der Waals surface area contributed by atoms with Crippen molar-refractivity contribution in [1.82, 2.24) is 14.8 Å². The minimum Gasteiger partial charge on any atom is -0.493 e. The molecule has 0 saturated carbocycles. The smallest absolute Gasteiger partial charge is 0.308 e. The van der Waals surface area contributed by atoms with Crippen molar-refractivity contribution in [3.05, 3.63) is 53.9 Å². The van der Waals surface area contributed by atoms with Crippen LogP contribution >= 0.6 is 0 Å². The molecule has 2 amide bonds. The third-order valence-corrected chi connectivity index (χ3v) is 8.09. The molecule has 3 unspecified atom stereocenters. The first kappa shape index (κ1) is 26.2. The van der Waals surface area contributed by atoms with Crippen LogP contribution in [0, 0.1) is 5.92 Å². The average molecular weight is 521 g/mol. The molecule has 3 atom stereocenters. The number of benzene rings is 1. The van der Waals surface area contributed by atoms with E-state index in [1.54, 1.807) is 22.2 Å². The van der Waals surface area contributed by atoms with Crippen molar-refractivity contribution in [2.75, 3.05) is 44.2 Å². The number of pyridine rings is 1. The molecular weight excluding hydrogens is 484 g/mol. The van der Waals surface area contributed by atoms with Gasteiger partial charge in [-0.1, -0.05) is 25.5 Å². The normalized spacial score (nSPS) is 22.9. The maximum atomic E-state index is 13.7. The second-order valence-electron chi connectivity index (χ2n) is 10.5. The van der Waals surface area contributed by atoms with E-state index in [4.69, 9.17) is 4.74 Å². The highest BCUT2D eigenvalue weighted by Gasteiger charge is 2.48. The average Bonchev–Trinajstić information content (AvgIpc) is 3.64. The molecule has 1 aromatic carbocycles. The van der Waals surface area contributed by atoms with Crippen LogP contribution in [0.4, 0.5) is 5.69 Å². The van der Waals surface area contributed by atoms with Gasteiger partial charge in [0, 0.05) is 57.2 Å². The molecule has 9 nitrogen and oxygen atoms in total. The second-order valence-corrected chi connectivity index (χ2v) is 10.5. The number of hydrogen-bond donors (Lipinski definition) is 1. The lowest BCUT2D eigenvalue weighted by molar-refractivity contribution is -0.144. The summed E-state index contributed by atoms with van der Waals surface area (Å²) in [6.07, 6.45) is 7.24. The van der Waals surface area contributed by atoms with Gasteiger partial charge in [0.25, 0.3) is 0 Å². The zero-order valence-electron chi connectivity index (χ0n) is 21.9. The number of carboxylic acids is 1. The van der Waals surface area contributed by atoms with Gasteiger partial charge in [0.1, 0.15) is 5.75 Å². The summed E-state index contributed by atoms with van der Waals surface area (Å²) in [4.78, 5) is 48.7. The van der Waals surface area contributed by atoms with Crippen molar-refractivity contribution < 1.29 is 24.2 Å². The number of carbonyl (C=O) groups excluding carboxylic acids is 2. The number of amides is 2. The first-order chi connectivity index (χ1) is 18.5. The van der Waals surface area contributed by atoms with Crippen LogP contribution in [0.1, 0.15) is 49.7 Å². The molecule has 1 N–H and O–H groups in total. The summed E-state index contributed by atoms with van der Waals surface area (Å²) in [6, 6.07) is 9.17. The molecule has 2 fully saturated rings. The van der Waals surface area contributed by atoms with Crippen LogP contribution < -0.4 is 9.64 Å². The number of fused-ring (bicyclic) bond motifs is 1. The maximum absolute atomic E-state index is 13.7. The number of aliphatic carboxylic acids is 1. The van der Waals surface area contributed by atoms with Crippen LogP contribution in [0.25, 0.3) is 0 Å². The Labute approximate surface area is 223 Å². The summed E-state index contributed by atoms with van der Waals surface area (Å²) >= 11 is 0. The minimum atomic E-state index is -0.895. The molecule has 5 rings (SSSR count). The van der Waals surface area contributed by atoms with E-state index in [0.717, 1.165) is 48.2 Å². The Morgan fingerprint density at radius 2 is 2.11 bits per heavy atom. The lowest BCUT2D eigenvalue weighted by atomic mass is 9.84. The molecule has 3 aliphatic rings. The van der Waals surface area contributed by atoms with Crippen LogP contribution in [-0.2, 0) is 20.8 Å². The van der Waals surface area contributed by atoms with Crippen LogP contribution in [0.15, 0.2) is 42.7 Å². The van der Waals surface area contributed by atoms with E-state index in [2.05, 4.69) is 18.0 Å². The predicted molar refractivity (Wildman–Crippen MR) is 142 cm³/mol. The number of carbonyl (C=O) groups is 3. The summed E-state index contributed by atoms with van der Waals surface area (Å²) in [5.74, 6) is -1.10. The summed E-state index contributed by atoms with van der Waals surface area (Å²) in [5.41, 5.74) is 2.78. The number of carboxylic acid groups (broad SMARTS) is 1. The number of rotatable bonds is 10. The number of aromatic nitrogens is 1. The fraction of sp³-hybridized carbons (Fsp3) is 0.517. The van der Waals surface area contributed by atoms with E-state index in [9.17, 15) is 19.5 Å². The zero-order valence-corrected chi connectivity index (χ0v) is 21.9. The van der Waals surface area contributed by atoms with E-state index in [0.29, 0.717) is 39.2 Å². The highest BCUT2D eigenvalue weighted by molar-refractivity contribution is 5.94. The first-order valence-corrected chi connectivity index (χ1v) is 13.7. The molecule has 0 radical (unpaired) electrons. The van der Waals surface area contributed by atoms with Crippen LogP contribution in [0.5, 0.6) is 5.75 Å². The van der Waals surface area contributed by atoms with Gasteiger partial charge in [-0.25, -0.2) is 0 Å². The van der Waals surface area contributed by atoms with Gasteiger partial charge in [-0.15, -0.1) is 0 Å². The summed E-state index contributed by atoms with van der Waals surface area (Å²) < 4.78 is 5.66. The zero-order chi connectivity index (χ0) is 26.6. The fourth-order valence-electron chi connectivity index (χ4n) is 6.10. The standard InChI is InChI=1S/C29H36N4O5/c1-2-3-13-33(22-6-4-11-30-16-22)27(35)19-32-17-23(20-8-9-25-21(15-20)10-14-38-25)28(29(36)37)24(32)18-31-12-5-7-26(31)34/h4,6,8-9,11,15-16,23-24,28H,2-3,5,7,10,12-14,17-19H2,1H3,(H,36,37). The molecule has 2 saturated heterocycles. The minimum absolute atomic E-state index is 0.0541. The number of anilines is 1. The molecule has 0 bridgehead atoms. The Morgan fingerprint density at radius 3 is 2.82 bits per heavy atom. The van der Waals surface area contributed by atoms with Gasteiger partial charge in [-0.05, 0) is 42.2 Å². The van der Waals surface area contributed by atoms with E-state index in [-0.39, 0.29) is 24.3 Å². The lowest BCUT2D eigenvalue weighted by Crippen LogP contribution is -2.49. The molecular formula is C29H36N4O5. The third-order valence-electron chi connectivity index (χ3n) is 8.09. The first-order valence-electron chi connectivity index (χ1n) is 13.7. The van der Waals surface area contributed by atoms with Crippen LogP contribution in [0.3, 0.4) is 0 Å². The molecule has 1 aromatic heterocycles. The SMILES string of the molecule is CCCCN(C(=O)CN1CC(c2ccc3c(c2)CCO3)C(C(=O)O)C1CN1CCCC1=O)c1cccnc1. The van der Waals surface area contributed by atoms with Crippen molar-refractivity contribution in [2.45, 2.75) is 51.0 Å². The summed E-state index contributed by atoms with van der Waals surface area (Å²) in [6.45, 7) is 4.75. The lowest BCUT2D eigenvalue weighted by Gasteiger charge is -2.32. The highest BCUT2D eigenvalue weighted by atomic mass is 16.5. The second kappa shape index (κ2) is 11.5. The van der Waals surface area contributed by atoms with Crippen molar-refractivity contribution in [2.24, 2.45) is 5.92 Å². The molecule has 202 valence electrons. The Balaban J connectivity index is 1.44. The number of unbranched alkanes of at least 4 members (excludes halogenated alkanes) is 1. The van der Waals surface area contributed by atoms with E-state index in [1.807, 2.05) is 29.2 Å². The quantitative estimate of drug-likeness (QED) is 0.514. The van der Waals surface area contributed by atoms with Crippen LogP contribution in [-0.4, -0.2) is 83.0 Å². The number of likely N-dealkylation sites (tertiary alicyclic amines) is 2.